The summed E-state index contributed by atoms with van der Waals surface area (Å²) in [6.07, 6.45) is 5.73. The Morgan fingerprint density at radius 1 is 0.482 bits per heavy atom. The zero-order valence-electron chi connectivity index (χ0n) is 30.5. The molecule has 0 bridgehead atoms. The van der Waals surface area contributed by atoms with E-state index < -0.39 is 0 Å². The third kappa shape index (κ3) is 4.53. The van der Waals surface area contributed by atoms with Crippen LogP contribution in [0.15, 0.2) is 186 Å². The van der Waals surface area contributed by atoms with Crippen molar-refractivity contribution in [2.75, 3.05) is 4.90 Å². The molecule has 3 heterocycles. The molecule has 1 atom stereocenters. The van der Waals surface area contributed by atoms with Crippen molar-refractivity contribution in [1.82, 2.24) is 9.13 Å². The molecule has 0 fully saturated rings. The van der Waals surface area contributed by atoms with Crippen molar-refractivity contribution in [2.24, 2.45) is 0 Å². The fraction of sp³-hybridized carbons (Fsp3) is 0.0385. The average molecular weight is 718 g/mol. The van der Waals surface area contributed by atoms with Gasteiger partial charge in [-0.1, -0.05) is 127 Å². The van der Waals surface area contributed by atoms with Crippen LogP contribution in [0.25, 0.3) is 88.9 Å². The zero-order valence-corrected chi connectivity index (χ0v) is 30.5. The van der Waals surface area contributed by atoms with E-state index in [9.17, 15) is 0 Å². The number of fused-ring (bicyclic) bond motifs is 11. The molecule has 4 heteroatoms. The predicted octanol–water partition coefficient (Wildman–Crippen LogP) is 12.0. The normalized spacial score (nSPS) is 14.1. The molecule has 0 saturated heterocycles. The summed E-state index contributed by atoms with van der Waals surface area (Å²) < 4.78 is 11.5. The molecule has 264 valence electrons. The molecule has 1 aliphatic rings. The van der Waals surface area contributed by atoms with Crippen LogP contribution in [0.3, 0.4) is 0 Å². The first kappa shape index (κ1) is 31.1. The SMILES string of the molecule is C1=c2c(n(-c3ccccc3)c3ccccc23)=CCC1N(c1ccc(-n2c3ccccc3c3c4ccccc4ccc32)cc1)c1cccc2c1oc1ccccc12. The molecule has 0 spiro atoms. The van der Waals surface area contributed by atoms with Gasteiger partial charge < -0.3 is 18.5 Å². The van der Waals surface area contributed by atoms with Crippen LogP contribution in [-0.4, -0.2) is 15.2 Å². The van der Waals surface area contributed by atoms with E-state index in [0.29, 0.717) is 0 Å². The van der Waals surface area contributed by atoms with Gasteiger partial charge in [-0.25, -0.2) is 0 Å². The van der Waals surface area contributed by atoms with Gasteiger partial charge in [-0.05, 0) is 83.9 Å². The maximum absolute atomic E-state index is 6.72. The quantitative estimate of drug-likeness (QED) is 0.177. The Balaban J connectivity index is 1.07. The largest absolute Gasteiger partial charge is 0.454 e. The summed E-state index contributed by atoms with van der Waals surface area (Å²) >= 11 is 0. The van der Waals surface area contributed by atoms with Crippen LogP contribution < -0.4 is 15.5 Å². The number of benzene rings is 8. The Labute approximate surface area is 322 Å². The van der Waals surface area contributed by atoms with E-state index in [2.05, 4.69) is 202 Å². The average Bonchev–Trinajstić information content (AvgIpc) is 3.93. The van der Waals surface area contributed by atoms with Gasteiger partial charge in [0, 0.05) is 54.6 Å². The number of rotatable bonds is 5. The first-order chi connectivity index (χ1) is 27.8. The molecule has 12 rings (SSSR count). The standard InChI is InChI=1S/C52H35N3O/c1-2-14-35(15-3-1)54-45-21-9-6-17-40(45)44-33-38(30-32-47(44)54)53(49-23-12-20-42-41-18-8-11-24-50(41)56-52(42)49)36-26-28-37(29-27-36)55-46-22-10-7-19-43(46)51-39-16-5-4-13-34(39)25-31-48(51)55/h1-29,31-33,38H,30H2. The number of hydrogen-bond acceptors (Lipinski definition) is 2. The van der Waals surface area contributed by atoms with Crippen molar-refractivity contribution in [1.29, 1.82) is 0 Å². The topological polar surface area (TPSA) is 26.2 Å². The maximum Gasteiger partial charge on any atom is 0.159 e. The van der Waals surface area contributed by atoms with Crippen LogP contribution >= 0.6 is 0 Å². The third-order valence-electron chi connectivity index (χ3n) is 11.8. The molecule has 0 aliphatic heterocycles. The van der Waals surface area contributed by atoms with Crippen molar-refractivity contribution in [3.05, 3.63) is 193 Å². The van der Waals surface area contributed by atoms with Crippen molar-refractivity contribution < 1.29 is 4.42 Å². The summed E-state index contributed by atoms with van der Waals surface area (Å²) in [7, 11) is 0. The van der Waals surface area contributed by atoms with E-state index in [0.717, 1.165) is 45.4 Å². The van der Waals surface area contributed by atoms with Gasteiger partial charge in [-0.3, -0.25) is 0 Å². The lowest BCUT2D eigenvalue weighted by molar-refractivity contribution is 0.666. The van der Waals surface area contributed by atoms with Crippen molar-refractivity contribution >= 4 is 88.9 Å². The summed E-state index contributed by atoms with van der Waals surface area (Å²) in [4.78, 5) is 2.49. The van der Waals surface area contributed by atoms with E-state index in [1.807, 2.05) is 6.07 Å². The first-order valence-corrected chi connectivity index (χ1v) is 19.4. The molecule has 1 unspecified atom stereocenters. The first-order valence-electron chi connectivity index (χ1n) is 19.4. The summed E-state index contributed by atoms with van der Waals surface area (Å²) in [5.74, 6) is 0. The monoisotopic (exact) mass is 717 g/mol. The van der Waals surface area contributed by atoms with E-state index in [4.69, 9.17) is 4.42 Å². The Morgan fingerprint density at radius 3 is 1.98 bits per heavy atom. The van der Waals surface area contributed by atoms with Crippen molar-refractivity contribution in [3.8, 4) is 11.4 Å². The van der Waals surface area contributed by atoms with E-state index >= 15 is 0 Å². The van der Waals surface area contributed by atoms with Gasteiger partial charge >= 0.3 is 0 Å². The molecule has 11 aromatic rings. The lowest BCUT2D eigenvalue weighted by atomic mass is 10.0. The van der Waals surface area contributed by atoms with Crippen LogP contribution in [0.5, 0.6) is 0 Å². The second kappa shape index (κ2) is 12.1. The molecular weight excluding hydrogens is 683 g/mol. The van der Waals surface area contributed by atoms with Gasteiger partial charge in [0.1, 0.15) is 5.58 Å². The highest BCUT2D eigenvalue weighted by atomic mass is 16.3. The van der Waals surface area contributed by atoms with Crippen LogP contribution in [-0.2, 0) is 0 Å². The van der Waals surface area contributed by atoms with Gasteiger partial charge in [-0.2, -0.15) is 0 Å². The lowest BCUT2D eigenvalue weighted by Gasteiger charge is -2.32. The van der Waals surface area contributed by atoms with Gasteiger partial charge in [0.15, 0.2) is 5.58 Å². The fourth-order valence-electron chi connectivity index (χ4n) is 9.40. The molecule has 8 aromatic carbocycles. The molecule has 0 saturated carbocycles. The Kier molecular flexibility index (Phi) is 6.72. The molecule has 0 N–H and O–H groups in total. The van der Waals surface area contributed by atoms with Crippen LogP contribution in [0, 0.1) is 0 Å². The Hall–Kier alpha value is -7.30. The number of para-hydroxylation sites is 5. The van der Waals surface area contributed by atoms with Crippen molar-refractivity contribution in [2.45, 2.75) is 12.5 Å². The van der Waals surface area contributed by atoms with Crippen LogP contribution in [0.2, 0.25) is 0 Å². The van der Waals surface area contributed by atoms with Gasteiger partial charge in [0.2, 0.25) is 0 Å². The highest BCUT2D eigenvalue weighted by molar-refractivity contribution is 6.21. The highest BCUT2D eigenvalue weighted by Crippen LogP contribution is 2.41. The molecule has 0 radical (unpaired) electrons. The minimum Gasteiger partial charge on any atom is -0.454 e. The number of aromatic nitrogens is 2. The maximum atomic E-state index is 6.72. The number of hydrogen-bond donors (Lipinski definition) is 0. The van der Waals surface area contributed by atoms with Crippen molar-refractivity contribution in [3.63, 3.8) is 0 Å². The number of anilines is 2. The fourth-order valence-corrected chi connectivity index (χ4v) is 9.40. The van der Waals surface area contributed by atoms with E-state index in [1.54, 1.807) is 0 Å². The number of nitrogens with zero attached hydrogens (tertiary/aromatic N) is 3. The van der Waals surface area contributed by atoms with Gasteiger partial charge in [0.05, 0.1) is 28.3 Å². The molecule has 3 aromatic heterocycles. The summed E-state index contributed by atoms with van der Waals surface area (Å²) in [5, 5.41) is 11.1. The number of furan rings is 1. The summed E-state index contributed by atoms with van der Waals surface area (Å²) in [5.41, 5.74) is 9.89. The lowest BCUT2D eigenvalue weighted by Crippen LogP contribution is -2.39. The van der Waals surface area contributed by atoms with E-state index in [1.165, 1.54) is 59.7 Å². The smallest absolute Gasteiger partial charge is 0.159 e. The molecule has 4 nitrogen and oxygen atoms in total. The summed E-state index contributed by atoms with van der Waals surface area (Å²) in [6.45, 7) is 0. The molecular formula is C52H35N3O. The predicted molar refractivity (Wildman–Crippen MR) is 234 cm³/mol. The molecule has 0 amide bonds. The van der Waals surface area contributed by atoms with E-state index in [-0.39, 0.29) is 6.04 Å². The molecule has 1 aliphatic carbocycles. The molecule has 56 heavy (non-hydrogen) atoms. The van der Waals surface area contributed by atoms with Gasteiger partial charge in [0.25, 0.3) is 0 Å². The van der Waals surface area contributed by atoms with Crippen LogP contribution in [0.1, 0.15) is 6.42 Å². The zero-order chi connectivity index (χ0) is 36.7. The Bertz CT molecular complexity index is 3460. The minimum atomic E-state index is 0.0294. The van der Waals surface area contributed by atoms with Gasteiger partial charge in [-0.15, -0.1) is 0 Å². The second-order valence-corrected chi connectivity index (χ2v) is 14.8. The van der Waals surface area contributed by atoms with Crippen LogP contribution in [0.4, 0.5) is 11.4 Å². The summed E-state index contributed by atoms with van der Waals surface area (Å²) in [6, 6.07) is 65.6. The second-order valence-electron chi connectivity index (χ2n) is 14.8. The minimum absolute atomic E-state index is 0.0294. The highest BCUT2D eigenvalue weighted by Gasteiger charge is 2.26. The third-order valence-corrected chi connectivity index (χ3v) is 11.8. The Morgan fingerprint density at radius 2 is 1.14 bits per heavy atom.